The standard InChI is InChI=1S/C6H5BrF2N2O2/c1-11-3(2-4(7)10-11)6(8,9)5(12)13/h2H,1H3,(H,12,13). The minimum Gasteiger partial charge on any atom is -0.476 e. The van der Waals surface area contributed by atoms with Crippen LogP contribution in [0.15, 0.2) is 10.7 Å². The summed E-state index contributed by atoms with van der Waals surface area (Å²) < 4.78 is 26.7. The Hall–Kier alpha value is -0.980. The molecule has 0 bridgehead atoms. The van der Waals surface area contributed by atoms with Gasteiger partial charge >= 0.3 is 11.9 Å². The van der Waals surface area contributed by atoms with Crippen LogP contribution in [0.1, 0.15) is 5.69 Å². The Kier molecular flexibility index (Phi) is 2.38. The lowest BCUT2D eigenvalue weighted by molar-refractivity contribution is -0.167. The first-order valence-corrected chi connectivity index (χ1v) is 3.96. The summed E-state index contributed by atoms with van der Waals surface area (Å²) in [6, 6.07) is 0.966. The maximum atomic E-state index is 12.9. The molecule has 0 spiro atoms. The van der Waals surface area contributed by atoms with E-state index in [9.17, 15) is 13.6 Å². The monoisotopic (exact) mass is 254 g/mol. The van der Waals surface area contributed by atoms with Crippen LogP contribution < -0.4 is 0 Å². The first-order valence-electron chi connectivity index (χ1n) is 3.17. The van der Waals surface area contributed by atoms with Crippen LogP contribution in [0.2, 0.25) is 0 Å². The van der Waals surface area contributed by atoms with Gasteiger partial charge < -0.3 is 5.11 Å². The zero-order valence-corrected chi connectivity index (χ0v) is 8.05. The van der Waals surface area contributed by atoms with Crippen LogP contribution in [0.4, 0.5) is 8.78 Å². The van der Waals surface area contributed by atoms with Crippen molar-refractivity contribution in [3.8, 4) is 0 Å². The topological polar surface area (TPSA) is 55.1 Å². The van der Waals surface area contributed by atoms with Crippen molar-refractivity contribution < 1.29 is 18.7 Å². The molecule has 0 saturated heterocycles. The Morgan fingerprint density at radius 3 is 2.62 bits per heavy atom. The highest BCUT2D eigenvalue weighted by Crippen LogP contribution is 2.29. The van der Waals surface area contributed by atoms with Gasteiger partial charge in [0.05, 0.1) is 0 Å². The zero-order chi connectivity index (χ0) is 10.2. The van der Waals surface area contributed by atoms with Crippen LogP contribution in [0.25, 0.3) is 0 Å². The quantitative estimate of drug-likeness (QED) is 0.867. The van der Waals surface area contributed by atoms with Gasteiger partial charge in [0.25, 0.3) is 0 Å². The number of aromatic nitrogens is 2. The Balaban J connectivity index is 3.21. The molecule has 0 atom stereocenters. The largest absolute Gasteiger partial charge is 0.476 e. The third kappa shape index (κ3) is 1.69. The molecular formula is C6H5BrF2N2O2. The van der Waals surface area contributed by atoms with Crippen LogP contribution >= 0.6 is 15.9 Å². The van der Waals surface area contributed by atoms with E-state index >= 15 is 0 Å². The van der Waals surface area contributed by atoms with Crippen molar-refractivity contribution in [3.05, 3.63) is 16.4 Å². The number of carboxylic acid groups (broad SMARTS) is 1. The van der Waals surface area contributed by atoms with Crippen molar-refractivity contribution in [2.45, 2.75) is 5.92 Å². The molecule has 0 radical (unpaired) electrons. The molecule has 13 heavy (non-hydrogen) atoms. The number of aryl methyl sites for hydroxylation is 1. The summed E-state index contributed by atoms with van der Waals surface area (Å²) >= 11 is 2.87. The average Bonchev–Trinajstić information content (AvgIpc) is 2.30. The van der Waals surface area contributed by atoms with Gasteiger partial charge in [0.2, 0.25) is 0 Å². The predicted octanol–water partition coefficient (Wildman–Crippen LogP) is 1.36. The third-order valence-electron chi connectivity index (χ3n) is 1.44. The number of hydrogen-bond donors (Lipinski definition) is 1. The number of rotatable bonds is 2. The number of hydrogen-bond acceptors (Lipinski definition) is 2. The van der Waals surface area contributed by atoms with Crippen molar-refractivity contribution in [2.75, 3.05) is 0 Å². The van der Waals surface area contributed by atoms with Crippen molar-refractivity contribution in [3.63, 3.8) is 0 Å². The SMILES string of the molecule is Cn1nc(Br)cc1C(F)(F)C(=O)O. The number of alkyl halides is 2. The molecule has 0 amide bonds. The first kappa shape index (κ1) is 10.1. The van der Waals surface area contributed by atoms with Gasteiger partial charge in [-0.2, -0.15) is 13.9 Å². The van der Waals surface area contributed by atoms with Gasteiger partial charge in [-0.25, -0.2) is 4.79 Å². The minimum atomic E-state index is -3.91. The summed E-state index contributed by atoms with van der Waals surface area (Å²) in [5.41, 5.74) is -0.660. The van der Waals surface area contributed by atoms with Gasteiger partial charge in [0, 0.05) is 13.1 Å². The number of halogens is 3. The lowest BCUT2D eigenvalue weighted by Crippen LogP contribution is -2.27. The van der Waals surface area contributed by atoms with Crippen LogP contribution in [-0.4, -0.2) is 20.9 Å². The highest BCUT2D eigenvalue weighted by Gasteiger charge is 2.44. The molecule has 0 aliphatic rings. The van der Waals surface area contributed by atoms with Gasteiger partial charge in [0.1, 0.15) is 10.3 Å². The molecule has 0 unspecified atom stereocenters. The lowest BCUT2D eigenvalue weighted by Gasteiger charge is -2.10. The van der Waals surface area contributed by atoms with E-state index < -0.39 is 17.6 Å². The summed E-state index contributed by atoms with van der Waals surface area (Å²) in [6.45, 7) is 0. The molecule has 0 aromatic carbocycles. The summed E-state index contributed by atoms with van der Waals surface area (Å²) in [5, 5.41) is 11.8. The molecule has 0 fully saturated rings. The van der Waals surface area contributed by atoms with Crippen molar-refractivity contribution in [1.82, 2.24) is 9.78 Å². The molecular weight excluding hydrogens is 250 g/mol. The van der Waals surface area contributed by atoms with Gasteiger partial charge in [-0.1, -0.05) is 0 Å². The second-order valence-corrected chi connectivity index (χ2v) is 3.17. The van der Waals surface area contributed by atoms with E-state index in [1.165, 1.54) is 7.05 Å². The summed E-state index contributed by atoms with van der Waals surface area (Å²) in [4.78, 5) is 10.2. The van der Waals surface area contributed by atoms with Crippen LogP contribution in [-0.2, 0) is 17.8 Å². The average molecular weight is 255 g/mol. The first-order chi connectivity index (χ1) is 5.85. The molecule has 0 saturated carbocycles. The molecule has 1 N–H and O–H groups in total. The van der Waals surface area contributed by atoms with E-state index in [0.29, 0.717) is 0 Å². The predicted molar refractivity (Wildman–Crippen MR) is 42.4 cm³/mol. The molecule has 0 aliphatic carbocycles. The Bertz CT molecular complexity index is 350. The van der Waals surface area contributed by atoms with Crippen molar-refractivity contribution in [2.24, 2.45) is 7.05 Å². The maximum Gasteiger partial charge on any atom is 0.383 e. The number of carboxylic acids is 1. The van der Waals surface area contributed by atoms with E-state index in [0.717, 1.165) is 10.7 Å². The Labute approximate surface area is 80.3 Å². The Morgan fingerprint density at radius 1 is 1.77 bits per heavy atom. The van der Waals surface area contributed by atoms with E-state index in [1.807, 2.05) is 0 Å². The van der Waals surface area contributed by atoms with Crippen LogP contribution in [0, 0.1) is 0 Å². The van der Waals surface area contributed by atoms with Crippen molar-refractivity contribution >= 4 is 21.9 Å². The van der Waals surface area contributed by atoms with Gasteiger partial charge in [-0.3, -0.25) is 4.68 Å². The van der Waals surface area contributed by atoms with E-state index in [-0.39, 0.29) is 4.60 Å². The van der Waals surface area contributed by atoms with Gasteiger partial charge in [0.15, 0.2) is 0 Å². The zero-order valence-electron chi connectivity index (χ0n) is 6.46. The summed E-state index contributed by atoms with van der Waals surface area (Å²) in [7, 11) is 1.25. The van der Waals surface area contributed by atoms with E-state index in [1.54, 1.807) is 0 Å². The molecule has 1 aromatic heterocycles. The smallest absolute Gasteiger partial charge is 0.383 e. The maximum absolute atomic E-state index is 12.9. The van der Waals surface area contributed by atoms with E-state index in [4.69, 9.17) is 5.11 Å². The highest BCUT2D eigenvalue weighted by atomic mass is 79.9. The molecule has 7 heteroatoms. The summed E-state index contributed by atoms with van der Waals surface area (Å²) in [6.07, 6.45) is 0. The molecule has 4 nitrogen and oxygen atoms in total. The molecule has 0 aliphatic heterocycles. The fourth-order valence-corrected chi connectivity index (χ4v) is 1.29. The second kappa shape index (κ2) is 3.06. The van der Waals surface area contributed by atoms with Gasteiger partial charge in [-0.05, 0) is 15.9 Å². The normalized spacial score (nSPS) is 11.7. The number of nitrogens with zero attached hydrogens (tertiary/aromatic N) is 2. The number of aliphatic carboxylic acids is 1. The molecule has 72 valence electrons. The fourth-order valence-electron chi connectivity index (χ4n) is 0.836. The van der Waals surface area contributed by atoms with Crippen LogP contribution in [0.5, 0.6) is 0 Å². The molecule has 1 heterocycles. The lowest BCUT2D eigenvalue weighted by atomic mass is 10.2. The third-order valence-corrected chi connectivity index (χ3v) is 1.83. The molecule has 1 rings (SSSR count). The second-order valence-electron chi connectivity index (χ2n) is 2.36. The van der Waals surface area contributed by atoms with Gasteiger partial charge in [-0.15, -0.1) is 0 Å². The number of carbonyl (C=O) groups is 1. The Morgan fingerprint density at radius 2 is 2.31 bits per heavy atom. The van der Waals surface area contributed by atoms with Crippen LogP contribution in [0.3, 0.4) is 0 Å². The van der Waals surface area contributed by atoms with Crippen molar-refractivity contribution in [1.29, 1.82) is 0 Å². The molecule has 1 aromatic rings. The minimum absolute atomic E-state index is 0.172. The highest BCUT2D eigenvalue weighted by molar-refractivity contribution is 9.10. The fraction of sp³-hybridized carbons (Fsp3) is 0.333. The summed E-state index contributed by atoms with van der Waals surface area (Å²) in [5.74, 6) is -6.10. The van der Waals surface area contributed by atoms with E-state index in [2.05, 4.69) is 21.0 Å².